The van der Waals surface area contributed by atoms with Crippen LogP contribution in [0.2, 0.25) is 0 Å². The maximum atomic E-state index is 12.8. The molecule has 0 fully saturated rings. The lowest BCUT2D eigenvalue weighted by atomic mass is 10.2. The third-order valence-corrected chi connectivity index (χ3v) is 5.95. The summed E-state index contributed by atoms with van der Waals surface area (Å²) in [6, 6.07) is 6.44. The van der Waals surface area contributed by atoms with Gasteiger partial charge in [0.15, 0.2) is 0 Å². The largest absolute Gasteiger partial charge is 0.459 e. The SMILES string of the molecule is CC(C)OC(=O)c1ccc(NC(=O)Cn2cnc3sc4c(c3c2=O)CCC4)cc1. The summed E-state index contributed by atoms with van der Waals surface area (Å²) in [7, 11) is 0. The van der Waals surface area contributed by atoms with E-state index in [1.807, 2.05) is 0 Å². The molecule has 1 amide bonds. The lowest BCUT2D eigenvalue weighted by molar-refractivity contribution is -0.116. The average molecular weight is 411 g/mol. The zero-order chi connectivity index (χ0) is 20.5. The number of aromatic nitrogens is 2. The van der Waals surface area contributed by atoms with E-state index in [1.54, 1.807) is 49.4 Å². The minimum absolute atomic E-state index is 0.121. The van der Waals surface area contributed by atoms with Crippen molar-refractivity contribution < 1.29 is 14.3 Å². The Labute approximate surface area is 171 Å². The van der Waals surface area contributed by atoms with Gasteiger partial charge in [-0.3, -0.25) is 14.2 Å². The fourth-order valence-corrected chi connectivity index (χ4v) is 4.68. The number of benzene rings is 1. The first kappa shape index (κ1) is 19.3. The van der Waals surface area contributed by atoms with Crippen LogP contribution in [-0.2, 0) is 28.9 Å². The molecule has 0 saturated carbocycles. The van der Waals surface area contributed by atoms with E-state index in [2.05, 4.69) is 10.3 Å². The van der Waals surface area contributed by atoms with E-state index in [4.69, 9.17) is 4.74 Å². The van der Waals surface area contributed by atoms with E-state index >= 15 is 0 Å². The van der Waals surface area contributed by atoms with Gasteiger partial charge in [-0.15, -0.1) is 11.3 Å². The molecular weight excluding hydrogens is 390 g/mol. The Morgan fingerprint density at radius 1 is 1.24 bits per heavy atom. The summed E-state index contributed by atoms with van der Waals surface area (Å²) in [5.74, 6) is -0.746. The van der Waals surface area contributed by atoms with Crippen molar-refractivity contribution in [1.82, 2.24) is 9.55 Å². The monoisotopic (exact) mass is 411 g/mol. The highest BCUT2D eigenvalue weighted by Crippen LogP contribution is 2.34. The third-order valence-electron chi connectivity index (χ3n) is 4.75. The van der Waals surface area contributed by atoms with Crippen molar-refractivity contribution in [2.24, 2.45) is 0 Å². The summed E-state index contributed by atoms with van der Waals surface area (Å²) in [6.45, 7) is 3.44. The molecule has 29 heavy (non-hydrogen) atoms. The molecule has 0 unspecified atom stereocenters. The summed E-state index contributed by atoms with van der Waals surface area (Å²) < 4.78 is 6.48. The molecule has 0 bridgehead atoms. The van der Waals surface area contributed by atoms with Crippen molar-refractivity contribution in [3.63, 3.8) is 0 Å². The highest BCUT2D eigenvalue weighted by molar-refractivity contribution is 7.18. The van der Waals surface area contributed by atoms with Gasteiger partial charge in [0.05, 0.1) is 23.4 Å². The Morgan fingerprint density at radius 3 is 2.72 bits per heavy atom. The molecule has 8 heteroatoms. The second kappa shape index (κ2) is 7.79. The van der Waals surface area contributed by atoms with Crippen LogP contribution >= 0.6 is 11.3 Å². The number of amides is 1. The van der Waals surface area contributed by atoms with Crippen LogP contribution in [0.1, 0.15) is 41.1 Å². The fourth-order valence-electron chi connectivity index (χ4n) is 3.46. The number of rotatable bonds is 5. The molecular formula is C21H21N3O4S. The summed E-state index contributed by atoms with van der Waals surface area (Å²) in [5, 5.41) is 3.40. The molecule has 0 saturated heterocycles. The highest BCUT2D eigenvalue weighted by atomic mass is 32.1. The number of thiophene rings is 1. The van der Waals surface area contributed by atoms with Crippen molar-refractivity contribution in [3.8, 4) is 0 Å². The number of anilines is 1. The van der Waals surface area contributed by atoms with Gasteiger partial charge >= 0.3 is 5.97 Å². The summed E-state index contributed by atoms with van der Waals surface area (Å²) in [4.78, 5) is 43.5. The first-order valence-corrected chi connectivity index (χ1v) is 10.3. The lowest BCUT2D eigenvalue weighted by Gasteiger charge is -2.10. The molecule has 4 rings (SSSR count). The van der Waals surface area contributed by atoms with Gasteiger partial charge in [-0.05, 0) is 62.9 Å². The Balaban J connectivity index is 1.47. The molecule has 1 aliphatic carbocycles. The minimum atomic E-state index is -0.410. The number of ether oxygens (including phenoxy) is 1. The lowest BCUT2D eigenvalue weighted by Crippen LogP contribution is -2.28. The van der Waals surface area contributed by atoms with Crippen molar-refractivity contribution in [2.45, 2.75) is 45.8 Å². The van der Waals surface area contributed by atoms with Gasteiger partial charge in [-0.25, -0.2) is 9.78 Å². The maximum Gasteiger partial charge on any atom is 0.338 e. The van der Waals surface area contributed by atoms with Crippen LogP contribution in [0, 0.1) is 0 Å². The smallest absolute Gasteiger partial charge is 0.338 e. The van der Waals surface area contributed by atoms with Crippen LogP contribution in [-0.4, -0.2) is 27.5 Å². The van der Waals surface area contributed by atoms with E-state index < -0.39 is 5.97 Å². The predicted octanol–water partition coefficient (Wildman–Crippen LogP) is 3.15. The number of nitrogens with one attached hydrogen (secondary N) is 1. The third kappa shape index (κ3) is 3.93. The van der Waals surface area contributed by atoms with E-state index in [9.17, 15) is 14.4 Å². The molecule has 3 aromatic rings. The number of hydrogen-bond donors (Lipinski definition) is 1. The van der Waals surface area contributed by atoms with E-state index in [0.29, 0.717) is 16.6 Å². The van der Waals surface area contributed by atoms with Gasteiger partial charge in [-0.2, -0.15) is 0 Å². The van der Waals surface area contributed by atoms with E-state index in [-0.39, 0.29) is 24.1 Å². The van der Waals surface area contributed by atoms with Crippen LogP contribution in [0.3, 0.4) is 0 Å². The second-order valence-electron chi connectivity index (χ2n) is 7.29. The first-order chi connectivity index (χ1) is 13.9. The molecule has 1 aromatic carbocycles. The zero-order valence-electron chi connectivity index (χ0n) is 16.2. The maximum absolute atomic E-state index is 12.8. The normalized spacial score (nSPS) is 12.9. The molecule has 7 nitrogen and oxygen atoms in total. The predicted molar refractivity (Wildman–Crippen MR) is 112 cm³/mol. The standard InChI is InChI=1S/C21H21N3O4S/c1-12(2)28-21(27)13-6-8-14(9-7-13)23-17(25)10-24-11-22-19-18(20(24)26)15-4-3-5-16(15)29-19/h6-9,11-12H,3-5,10H2,1-2H3,(H,23,25). The summed E-state index contributed by atoms with van der Waals surface area (Å²) in [6.07, 6.45) is 4.19. The van der Waals surface area contributed by atoms with Gasteiger partial charge in [0.1, 0.15) is 11.4 Å². The van der Waals surface area contributed by atoms with Crippen LogP contribution in [0.25, 0.3) is 10.2 Å². The quantitative estimate of drug-likeness (QED) is 0.652. The minimum Gasteiger partial charge on any atom is -0.459 e. The summed E-state index contributed by atoms with van der Waals surface area (Å²) >= 11 is 1.58. The number of esters is 1. The summed E-state index contributed by atoms with van der Waals surface area (Å²) in [5.41, 5.74) is 1.88. The van der Waals surface area contributed by atoms with Gasteiger partial charge < -0.3 is 10.1 Å². The highest BCUT2D eigenvalue weighted by Gasteiger charge is 2.21. The number of nitrogens with zero attached hydrogens (tertiary/aromatic N) is 2. The Kier molecular flexibility index (Phi) is 5.19. The molecule has 1 aliphatic rings. The number of aryl methyl sites for hydroxylation is 2. The van der Waals surface area contributed by atoms with E-state index in [1.165, 1.54) is 15.8 Å². The Hall–Kier alpha value is -3.00. The molecule has 150 valence electrons. The zero-order valence-corrected chi connectivity index (χ0v) is 17.0. The van der Waals surface area contributed by atoms with Crippen molar-refractivity contribution >= 4 is 39.1 Å². The van der Waals surface area contributed by atoms with Crippen LogP contribution in [0.15, 0.2) is 35.4 Å². The van der Waals surface area contributed by atoms with Gasteiger partial charge in [0.25, 0.3) is 5.56 Å². The van der Waals surface area contributed by atoms with Crippen LogP contribution < -0.4 is 10.9 Å². The number of fused-ring (bicyclic) bond motifs is 3. The van der Waals surface area contributed by atoms with Crippen molar-refractivity contribution in [3.05, 3.63) is 57.0 Å². The molecule has 0 spiro atoms. The molecule has 0 atom stereocenters. The number of carbonyl (C=O) groups is 2. The van der Waals surface area contributed by atoms with E-state index in [0.717, 1.165) is 29.7 Å². The molecule has 0 aliphatic heterocycles. The van der Waals surface area contributed by atoms with Crippen molar-refractivity contribution in [1.29, 1.82) is 0 Å². The number of carbonyl (C=O) groups excluding carboxylic acids is 2. The Bertz CT molecular complexity index is 1150. The molecule has 2 heterocycles. The van der Waals surface area contributed by atoms with Crippen molar-refractivity contribution in [2.75, 3.05) is 5.32 Å². The molecule has 2 aromatic heterocycles. The van der Waals surface area contributed by atoms with Crippen LogP contribution in [0.4, 0.5) is 5.69 Å². The number of hydrogen-bond acceptors (Lipinski definition) is 6. The second-order valence-corrected chi connectivity index (χ2v) is 8.38. The van der Waals surface area contributed by atoms with Crippen LogP contribution in [0.5, 0.6) is 0 Å². The van der Waals surface area contributed by atoms with Gasteiger partial charge in [0.2, 0.25) is 5.91 Å². The first-order valence-electron chi connectivity index (χ1n) is 9.53. The fraction of sp³-hybridized carbons (Fsp3) is 0.333. The topological polar surface area (TPSA) is 90.3 Å². The Morgan fingerprint density at radius 2 is 2.00 bits per heavy atom. The average Bonchev–Trinajstić information content (AvgIpc) is 3.25. The van der Waals surface area contributed by atoms with Gasteiger partial charge in [-0.1, -0.05) is 0 Å². The molecule has 0 radical (unpaired) electrons. The molecule has 1 N–H and O–H groups in total. The van der Waals surface area contributed by atoms with Gasteiger partial charge in [0, 0.05) is 10.6 Å².